The summed E-state index contributed by atoms with van der Waals surface area (Å²) in [5.41, 5.74) is -0.104. The summed E-state index contributed by atoms with van der Waals surface area (Å²) in [6.07, 6.45) is -3.71. The second kappa shape index (κ2) is 5.83. The molecule has 3 nitrogen and oxygen atoms in total. The summed E-state index contributed by atoms with van der Waals surface area (Å²) in [6, 6.07) is 0. The van der Waals surface area contributed by atoms with E-state index in [1.165, 1.54) is 13.8 Å². The molecule has 0 aromatic rings. The maximum atomic E-state index is 12.4. The van der Waals surface area contributed by atoms with Gasteiger partial charge in [-0.3, -0.25) is 0 Å². The molecule has 7 heteroatoms. The van der Waals surface area contributed by atoms with Gasteiger partial charge in [-0.1, -0.05) is 0 Å². The fourth-order valence-corrected chi connectivity index (χ4v) is 0.777. The zero-order valence-corrected chi connectivity index (χ0v) is 8.71. The summed E-state index contributed by atoms with van der Waals surface area (Å²) < 4.78 is 52.6. The van der Waals surface area contributed by atoms with E-state index in [9.17, 15) is 22.4 Å². The van der Waals surface area contributed by atoms with Gasteiger partial charge >= 0.3 is 18.3 Å². The number of hydrogen-bond acceptors (Lipinski definition) is 2. The average Bonchev–Trinajstić information content (AvgIpc) is 2.14. The van der Waals surface area contributed by atoms with Crippen LogP contribution in [0.15, 0.2) is 11.6 Å². The monoisotopic (exact) mass is 244 g/mol. The first-order chi connectivity index (χ1) is 7.16. The van der Waals surface area contributed by atoms with Crippen LogP contribution in [-0.2, 0) is 9.53 Å². The highest BCUT2D eigenvalue weighted by Gasteiger charge is 2.41. The van der Waals surface area contributed by atoms with Crippen LogP contribution in [0.3, 0.4) is 0 Å². The minimum atomic E-state index is -4.22. The quantitative estimate of drug-likeness (QED) is 0.576. The standard InChI is InChI=1S/C9H12F4O3/c1-5(7(14)15)3-6(2)16-4-9(12,13)8(10)11/h3,6,8H,4H2,1-2H3,(H,14,15). The van der Waals surface area contributed by atoms with E-state index in [4.69, 9.17) is 5.11 Å². The third kappa shape index (κ3) is 5.11. The van der Waals surface area contributed by atoms with E-state index in [-0.39, 0.29) is 5.57 Å². The molecule has 0 rings (SSSR count). The molecular formula is C9H12F4O3. The molecule has 16 heavy (non-hydrogen) atoms. The Bertz CT molecular complexity index is 276. The van der Waals surface area contributed by atoms with Crippen LogP contribution in [-0.4, -0.2) is 36.1 Å². The Morgan fingerprint density at radius 1 is 1.50 bits per heavy atom. The van der Waals surface area contributed by atoms with Crippen molar-refractivity contribution in [1.82, 2.24) is 0 Å². The molecule has 0 radical (unpaired) electrons. The van der Waals surface area contributed by atoms with Gasteiger partial charge in [0.25, 0.3) is 0 Å². The maximum Gasteiger partial charge on any atom is 0.331 e. The van der Waals surface area contributed by atoms with Crippen LogP contribution in [0.25, 0.3) is 0 Å². The van der Waals surface area contributed by atoms with Gasteiger partial charge in [-0.15, -0.1) is 0 Å². The molecule has 0 aliphatic heterocycles. The van der Waals surface area contributed by atoms with Gasteiger partial charge in [-0.25, -0.2) is 13.6 Å². The molecule has 1 unspecified atom stereocenters. The van der Waals surface area contributed by atoms with Gasteiger partial charge in [0.05, 0.1) is 6.10 Å². The minimum Gasteiger partial charge on any atom is -0.478 e. The highest BCUT2D eigenvalue weighted by atomic mass is 19.3. The van der Waals surface area contributed by atoms with Crippen LogP contribution in [0, 0.1) is 0 Å². The van der Waals surface area contributed by atoms with Gasteiger partial charge in [0.1, 0.15) is 6.61 Å². The molecule has 1 N–H and O–H groups in total. The Balaban J connectivity index is 4.23. The van der Waals surface area contributed by atoms with E-state index >= 15 is 0 Å². The number of carboxylic acid groups (broad SMARTS) is 1. The average molecular weight is 244 g/mol. The van der Waals surface area contributed by atoms with Crippen LogP contribution in [0.4, 0.5) is 17.6 Å². The predicted octanol–water partition coefficient (Wildman–Crippen LogP) is 2.32. The van der Waals surface area contributed by atoms with Gasteiger partial charge in [0, 0.05) is 5.57 Å². The van der Waals surface area contributed by atoms with Gasteiger partial charge in [0.15, 0.2) is 0 Å². The summed E-state index contributed by atoms with van der Waals surface area (Å²) in [7, 11) is 0. The lowest BCUT2D eigenvalue weighted by molar-refractivity contribution is -0.170. The SMILES string of the molecule is CC(=CC(C)OCC(F)(F)C(F)F)C(=O)O. The van der Waals surface area contributed by atoms with Crippen molar-refractivity contribution < 1.29 is 32.2 Å². The zero-order chi connectivity index (χ0) is 12.9. The van der Waals surface area contributed by atoms with Gasteiger partial charge < -0.3 is 9.84 Å². The third-order valence-corrected chi connectivity index (χ3v) is 1.68. The van der Waals surface area contributed by atoms with Crippen molar-refractivity contribution in [3.8, 4) is 0 Å². The largest absolute Gasteiger partial charge is 0.478 e. The van der Waals surface area contributed by atoms with E-state index in [1.54, 1.807) is 0 Å². The molecule has 1 atom stereocenters. The van der Waals surface area contributed by atoms with Crippen molar-refractivity contribution in [2.24, 2.45) is 0 Å². The number of alkyl halides is 4. The van der Waals surface area contributed by atoms with Crippen molar-refractivity contribution in [3.05, 3.63) is 11.6 Å². The van der Waals surface area contributed by atoms with E-state index in [0.29, 0.717) is 0 Å². The molecular weight excluding hydrogens is 232 g/mol. The van der Waals surface area contributed by atoms with Gasteiger partial charge in [0.2, 0.25) is 0 Å². The lowest BCUT2D eigenvalue weighted by Gasteiger charge is -2.17. The molecule has 0 saturated carbocycles. The summed E-state index contributed by atoms with van der Waals surface area (Å²) >= 11 is 0. The fraction of sp³-hybridized carbons (Fsp3) is 0.667. The Hall–Kier alpha value is -1.11. The number of rotatable bonds is 6. The van der Waals surface area contributed by atoms with Crippen LogP contribution in [0.2, 0.25) is 0 Å². The second-order valence-electron chi connectivity index (χ2n) is 3.23. The van der Waals surface area contributed by atoms with E-state index in [1.807, 2.05) is 0 Å². The van der Waals surface area contributed by atoms with Crippen LogP contribution in [0.5, 0.6) is 0 Å². The molecule has 0 bridgehead atoms. The molecule has 0 aromatic heterocycles. The molecule has 0 aliphatic rings. The summed E-state index contributed by atoms with van der Waals surface area (Å²) in [5.74, 6) is -5.45. The minimum absolute atomic E-state index is 0.104. The van der Waals surface area contributed by atoms with Gasteiger partial charge in [-0.05, 0) is 19.9 Å². The smallest absolute Gasteiger partial charge is 0.331 e. The first kappa shape index (κ1) is 14.9. The Labute approximate surface area is 89.7 Å². The second-order valence-corrected chi connectivity index (χ2v) is 3.23. The molecule has 0 spiro atoms. The number of hydrogen-bond donors (Lipinski definition) is 1. The molecule has 0 aliphatic carbocycles. The molecule has 0 aromatic carbocycles. The first-order valence-electron chi connectivity index (χ1n) is 4.36. The highest BCUT2D eigenvalue weighted by Crippen LogP contribution is 2.23. The summed E-state index contributed by atoms with van der Waals surface area (Å²) in [4.78, 5) is 10.4. The summed E-state index contributed by atoms with van der Waals surface area (Å²) in [5, 5.41) is 8.46. The van der Waals surface area contributed by atoms with E-state index in [2.05, 4.69) is 4.74 Å². The molecule has 0 fully saturated rings. The maximum absolute atomic E-state index is 12.4. The predicted molar refractivity (Wildman–Crippen MR) is 47.8 cm³/mol. The molecule has 0 heterocycles. The van der Waals surface area contributed by atoms with E-state index in [0.717, 1.165) is 6.08 Å². The van der Waals surface area contributed by atoms with Gasteiger partial charge in [-0.2, -0.15) is 8.78 Å². The third-order valence-electron chi connectivity index (χ3n) is 1.68. The first-order valence-corrected chi connectivity index (χ1v) is 4.36. The Morgan fingerprint density at radius 3 is 2.38 bits per heavy atom. The Morgan fingerprint density at radius 2 is 2.00 bits per heavy atom. The van der Waals surface area contributed by atoms with E-state index < -0.39 is 31.0 Å². The zero-order valence-electron chi connectivity index (χ0n) is 8.71. The number of ether oxygens (including phenoxy) is 1. The number of halogens is 4. The van der Waals surface area contributed by atoms with Crippen molar-refractivity contribution in [2.45, 2.75) is 32.3 Å². The van der Waals surface area contributed by atoms with Crippen LogP contribution in [0.1, 0.15) is 13.8 Å². The number of aliphatic carboxylic acids is 1. The fourth-order valence-electron chi connectivity index (χ4n) is 0.777. The number of carbonyl (C=O) groups is 1. The molecule has 94 valence electrons. The summed E-state index contributed by atoms with van der Waals surface area (Å²) in [6.45, 7) is 1.08. The van der Waals surface area contributed by atoms with Crippen molar-refractivity contribution in [3.63, 3.8) is 0 Å². The van der Waals surface area contributed by atoms with Crippen LogP contribution >= 0.6 is 0 Å². The lowest BCUT2D eigenvalue weighted by Crippen LogP contribution is -2.33. The van der Waals surface area contributed by atoms with Crippen LogP contribution < -0.4 is 0 Å². The Kier molecular flexibility index (Phi) is 5.43. The topological polar surface area (TPSA) is 46.5 Å². The normalized spacial score (nSPS) is 15.3. The van der Waals surface area contributed by atoms with Crippen molar-refractivity contribution in [2.75, 3.05) is 6.61 Å². The van der Waals surface area contributed by atoms with Crippen molar-refractivity contribution in [1.29, 1.82) is 0 Å². The highest BCUT2D eigenvalue weighted by molar-refractivity contribution is 5.85. The molecule has 0 amide bonds. The van der Waals surface area contributed by atoms with Crippen molar-refractivity contribution >= 4 is 5.97 Å². The lowest BCUT2D eigenvalue weighted by atomic mass is 10.2. The number of carboxylic acids is 1. The molecule has 0 saturated heterocycles.